The van der Waals surface area contributed by atoms with Gasteiger partial charge in [-0.15, -0.1) is 11.3 Å². The SMILES string of the molecule is COc1cccc(C(=O)N2CCC(Cc3ncncc3C(=O)Nc3nccs3)CC2)c1. The summed E-state index contributed by atoms with van der Waals surface area (Å²) in [7, 11) is 1.59. The van der Waals surface area contributed by atoms with Crippen LogP contribution in [-0.4, -0.2) is 51.9 Å². The predicted octanol–water partition coefficient (Wildman–Crippen LogP) is 3.29. The van der Waals surface area contributed by atoms with Gasteiger partial charge in [-0.25, -0.2) is 15.0 Å². The Bertz CT molecular complexity index is 1050. The molecule has 0 spiro atoms. The first-order chi connectivity index (χ1) is 15.1. The lowest BCUT2D eigenvalue weighted by Crippen LogP contribution is -2.39. The van der Waals surface area contributed by atoms with Crippen LogP contribution in [0.3, 0.4) is 0 Å². The molecule has 0 atom stereocenters. The van der Waals surface area contributed by atoms with Gasteiger partial charge in [0.2, 0.25) is 0 Å². The van der Waals surface area contributed by atoms with Gasteiger partial charge in [0.15, 0.2) is 5.13 Å². The lowest BCUT2D eigenvalue weighted by molar-refractivity contribution is 0.0690. The van der Waals surface area contributed by atoms with Crippen LogP contribution in [0.15, 0.2) is 48.4 Å². The highest BCUT2D eigenvalue weighted by Gasteiger charge is 2.26. The molecule has 31 heavy (non-hydrogen) atoms. The molecule has 1 aliphatic rings. The van der Waals surface area contributed by atoms with Gasteiger partial charge in [0.05, 0.1) is 18.4 Å². The topological polar surface area (TPSA) is 97.3 Å². The van der Waals surface area contributed by atoms with Gasteiger partial charge >= 0.3 is 0 Å². The van der Waals surface area contributed by atoms with Crippen LogP contribution in [0.5, 0.6) is 5.75 Å². The predicted molar refractivity (Wildman–Crippen MR) is 117 cm³/mol. The lowest BCUT2D eigenvalue weighted by atomic mass is 9.90. The largest absolute Gasteiger partial charge is 0.497 e. The number of benzene rings is 1. The van der Waals surface area contributed by atoms with E-state index >= 15 is 0 Å². The van der Waals surface area contributed by atoms with E-state index in [4.69, 9.17) is 4.74 Å². The molecule has 0 saturated carbocycles. The van der Waals surface area contributed by atoms with Crippen LogP contribution in [0.4, 0.5) is 5.13 Å². The zero-order valence-corrected chi connectivity index (χ0v) is 18.0. The van der Waals surface area contributed by atoms with Crippen LogP contribution < -0.4 is 10.1 Å². The Morgan fingerprint density at radius 3 is 2.84 bits per heavy atom. The van der Waals surface area contributed by atoms with E-state index in [1.165, 1.54) is 17.7 Å². The van der Waals surface area contributed by atoms with Crippen molar-refractivity contribution in [3.63, 3.8) is 0 Å². The minimum Gasteiger partial charge on any atom is -0.497 e. The van der Waals surface area contributed by atoms with Crippen molar-refractivity contribution < 1.29 is 14.3 Å². The second-order valence-electron chi connectivity index (χ2n) is 7.35. The summed E-state index contributed by atoms with van der Waals surface area (Å²) < 4.78 is 5.22. The first kappa shape index (κ1) is 20.9. The molecule has 0 unspecified atom stereocenters. The van der Waals surface area contributed by atoms with Crippen molar-refractivity contribution >= 4 is 28.3 Å². The van der Waals surface area contributed by atoms with Gasteiger partial charge in [-0.2, -0.15) is 0 Å². The summed E-state index contributed by atoms with van der Waals surface area (Å²) in [6.45, 7) is 1.35. The number of nitrogens with one attached hydrogen (secondary N) is 1. The fourth-order valence-electron chi connectivity index (χ4n) is 3.71. The number of likely N-dealkylation sites (tertiary alicyclic amines) is 1. The van der Waals surface area contributed by atoms with Crippen LogP contribution in [0, 0.1) is 5.92 Å². The maximum absolute atomic E-state index is 12.8. The summed E-state index contributed by atoms with van der Waals surface area (Å²) in [5.74, 6) is 0.780. The van der Waals surface area contributed by atoms with Crippen molar-refractivity contribution in [2.24, 2.45) is 5.92 Å². The average molecular weight is 438 g/mol. The smallest absolute Gasteiger partial charge is 0.260 e. The molecule has 3 aromatic rings. The summed E-state index contributed by atoms with van der Waals surface area (Å²) in [4.78, 5) is 39.8. The van der Waals surface area contributed by atoms with E-state index < -0.39 is 0 Å². The zero-order valence-electron chi connectivity index (χ0n) is 17.2. The molecule has 1 saturated heterocycles. The third kappa shape index (κ3) is 5.05. The van der Waals surface area contributed by atoms with E-state index in [1.807, 2.05) is 23.1 Å². The van der Waals surface area contributed by atoms with E-state index in [0.29, 0.717) is 47.4 Å². The number of hydrogen-bond donors (Lipinski definition) is 1. The third-order valence-electron chi connectivity index (χ3n) is 5.39. The highest BCUT2D eigenvalue weighted by molar-refractivity contribution is 7.13. The second kappa shape index (κ2) is 9.65. The number of piperidine rings is 1. The van der Waals surface area contributed by atoms with Crippen LogP contribution in [0.2, 0.25) is 0 Å². The van der Waals surface area contributed by atoms with Gasteiger partial charge in [0, 0.05) is 36.4 Å². The molecule has 0 radical (unpaired) electrons. The number of carbonyl (C=O) groups excluding carboxylic acids is 2. The maximum atomic E-state index is 12.8. The first-order valence-corrected chi connectivity index (χ1v) is 10.9. The number of amides is 2. The van der Waals surface area contributed by atoms with E-state index in [2.05, 4.69) is 20.3 Å². The number of nitrogens with zero attached hydrogens (tertiary/aromatic N) is 4. The molecule has 0 aliphatic carbocycles. The number of thiazole rings is 1. The first-order valence-electron chi connectivity index (χ1n) is 10.1. The van der Waals surface area contributed by atoms with Crippen molar-refractivity contribution in [3.8, 4) is 5.75 Å². The summed E-state index contributed by atoms with van der Waals surface area (Å²) in [6, 6.07) is 7.23. The van der Waals surface area contributed by atoms with E-state index in [-0.39, 0.29) is 11.8 Å². The van der Waals surface area contributed by atoms with Crippen molar-refractivity contribution in [3.05, 3.63) is 65.2 Å². The van der Waals surface area contributed by atoms with Gasteiger partial charge in [-0.1, -0.05) is 6.07 Å². The van der Waals surface area contributed by atoms with E-state index in [9.17, 15) is 9.59 Å². The van der Waals surface area contributed by atoms with E-state index in [1.54, 1.807) is 30.9 Å². The van der Waals surface area contributed by atoms with Gasteiger partial charge < -0.3 is 9.64 Å². The van der Waals surface area contributed by atoms with Crippen molar-refractivity contribution in [1.82, 2.24) is 19.9 Å². The molecule has 9 heteroatoms. The highest BCUT2D eigenvalue weighted by Crippen LogP contribution is 2.24. The molecule has 160 valence electrons. The highest BCUT2D eigenvalue weighted by atomic mass is 32.1. The number of methoxy groups -OCH3 is 1. The number of anilines is 1. The fourth-order valence-corrected chi connectivity index (χ4v) is 4.23. The maximum Gasteiger partial charge on any atom is 0.260 e. The number of aromatic nitrogens is 3. The number of rotatable bonds is 6. The molecule has 1 N–H and O–H groups in total. The molecular formula is C22H23N5O3S. The molecule has 1 fully saturated rings. The second-order valence-corrected chi connectivity index (χ2v) is 8.24. The minimum atomic E-state index is -0.254. The summed E-state index contributed by atoms with van der Waals surface area (Å²) in [5.41, 5.74) is 1.82. The van der Waals surface area contributed by atoms with Crippen molar-refractivity contribution in [2.75, 3.05) is 25.5 Å². The van der Waals surface area contributed by atoms with Gasteiger partial charge in [-0.05, 0) is 43.4 Å². The zero-order chi connectivity index (χ0) is 21.6. The minimum absolute atomic E-state index is 0.0166. The molecule has 1 aliphatic heterocycles. The van der Waals surface area contributed by atoms with Gasteiger partial charge in [-0.3, -0.25) is 14.9 Å². The monoisotopic (exact) mass is 437 g/mol. The number of hydrogen-bond acceptors (Lipinski definition) is 7. The Morgan fingerprint density at radius 2 is 2.10 bits per heavy atom. The molecule has 4 rings (SSSR count). The van der Waals surface area contributed by atoms with E-state index in [0.717, 1.165) is 18.5 Å². The standard InChI is InChI=1S/C22H23N5O3S/c1-30-17-4-2-3-16(12-17)21(29)27-8-5-15(6-9-27)11-19-18(13-23-14-25-19)20(28)26-22-24-7-10-31-22/h2-4,7,10,12-15H,5-6,8-9,11H2,1H3,(H,24,26,28). The molecular weight excluding hydrogens is 414 g/mol. The molecule has 3 heterocycles. The average Bonchev–Trinajstić information content (AvgIpc) is 3.32. The lowest BCUT2D eigenvalue weighted by Gasteiger charge is -2.32. The van der Waals surface area contributed by atoms with Crippen LogP contribution >= 0.6 is 11.3 Å². The molecule has 0 bridgehead atoms. The summed E-state index contributed by atoms with van der Waals surface area (Å²) in [5, 5.41) is 5.14. The van der Waals surface area contributed by atoms with Gasteiger partial charge in [0.25, 0.3) is 11.8 Å². The Kier molecular flexibility index (Phi) is 6.51. The van der Waals surface area contributed by atoms with Crippen LogP contribution in [0.25, 0.3) is 0 Å². The molecule has 2 amide bonds. The van der Waals surface area contributed by atoms with Crippen LogP contribution in [0.1, 0.15) is 39.3 Å². The molecule has 2 aromatic heterocycles. The Morgan fingerprint density at radius 1 is 1.26 bits per heavy atom. The van der Waals surface area contributed by atoms with Crippen LogP contribution in [-0.2, 0) is 6.42 Å². The summed E-state index contributed by atoms with van der Waals surface area (Å²) >= 11 is 1.36. The van der Waals surface area contributed by atoms with Crippen molar-refractivity contribution in [2.45, 2.75) is 19.3 Å². The Hall–Kier alpha value is -3.33. The van der Waals surface area contributed by atoms with Gasteiger partial charge in [0.1, 0.15) is 12.1 Å². The van der Waals surface area contributed by atoms with Crippen molar-refractivity contribution in [1.29, 1.82) is 0 Å². The number of carbonyl (C=O) groups is 2. The molecule has 1 aromatic carbocycles. The fraction of sp³-hybridized carbons (Fsp3) is 0.318. The molecule has 8 nitrogen and oxygen atoms in total. The Balaban J connectivity index is 1.37. The third-order valence-corrected chi connectivity index (χ3v) is 6.08. The summed E-state index contributed by atoms with van der Waals surface area (Å²) in [6.07, 6.45) is 7.04. The normalized spacial score (nSPS) is 14.3. The Labute approximate surface area is 184 Å². The number of ether oxygens (including phenoxy) is 1. The quantitative estimate of drug-likeness (QED) is 0.636.